The largest absolute Gasteiger partial charge is 0.397 e. The minimum absolute atomic E-state index is 0.227. The van der Waals surface area contributed by atoms with Crippen molar-refractivity contribution in [3.8, 4) is 0 Å². The maximum atomic E-state index is 13.3. The number of carbonyl (C=O) groups excluding carboxylic acids is 6. The van der Waals surface area contributed by atoms with Gasteiger partial charge in [-0.2, -0.15) is 0 Å². The van der Waals surface area contributed by atoms with Crippen LogP contribution in [0.4, 0.5) is 34.1 Å². The lowest BCUT2D eigenvalue weighted by molar-refractivity contribution is 0.0943. The Morgan fingerprint density at radius 2 is 0.672 bits per heavy atom. The Kier molecular flexibility index (Phi) is 11.2. The van der Waals surface area contributed by atoms with Gasteiger partial charge in [-0.15, -0.1) is 0 Å². The molecule has 19 nitrogen and oxygen atoms in total. The Morgan fingerprint density at radius 1 is 0.431 bits per heavy atom. The van der Waals surface area contributed by atoms with E-state index in [1.165, 1.54) is 24.3 Å². The van der Waals surface area contributed by atoms with Crippen molar-refractivity contribution in [2.24, 2.45) is 42.3 Å². The van der Waals surface area contributed by atoms with E-state index in [9.17, 15) is 28.8 Å². The van der Waals surface area contributed by atoms with Gasteiger partial charge in [-0.1, -0.05) is 6.92 Å². The minimum Gasteiger partial charge on any atom is -0.397 e. The summed E-state index contributed by atoms with van der Waals surface area (Å²) in [5.41, 5.74) is 9.83. The molecule has 6 aromatic rings. The maximum absolute atomic E-state index is 13.3. The van der Waals surface area contributed by atoms with Gasteiger partial charge in [0.15, 0.2) is 0 Å². The van der Waals surface area contributed by atoms with Crippen LogP contribution in [0.15, 0.2) is 73.6 Å². The summed E-state index contributed by atoms with van der Waals surface area (Å²) in [5, 5.41) is 16.7. The fourth-order valence-corrected chi connectivity index (χ4v) is 6.38. The molecule has 0 atom stereocenters. The molecule has 0 bridgehead atoms. The fraction of sp³-hybridized carbons (Fsp3) is 0.205. The van der Waals surface area contributed by atoms with E-state index in [2.05, 4.69) is 38.8 Å². The van der Waals surface area contributed by atoms with Gasteiger partial charge in [0.2, 0.25) is 0 Å². The molecule has 1 radical (unpaired) electrons. The predicted molar refractivity (Wildman–Crippen MR) is 219 cm³/mol. The smallest absolute Gasteiger partial charge is 0.272 e. The van der Waals surface area contributed by atoms with Crippen LogP contribution < -0.4 is 37.6 Å². The fourth-order valence-electron chi connectivity index (χ4n) is 6.38. The van der Waals surface area contributed by atoms with Crippen LogP contribution in [0.2, 0.25) is 0 Å². The molecular weight excluding hydrogens is 747 g/mol. The van der Waals surface area contributed by atoms with E-state index in [1.807, 2.05) is 0 Å². The number of aryl methyl sites for hydroxylation is 6. The normalized spacial score (nSPS) is 10.9. The molecule has 0 aliphatic carbocycles. The summed E-state index contributed by atoms with van der Waals surface area (Å²) < 4.78 is 9.43. The van der Waals surface area contributed by atoms with Crippen molar-refractivity contribution < 1.29 is 28.8 Å². The minimum atomic E-state index is -0.492. The summed E-state index contributed by atoms with van der Waals surface area (Å²) in [6.07, 6.45) is 10.1. The van der Waals surface area contributed by atoms with Crippen molar-refractivity contribution in [1.82, 2.24) is 32.7 Å². The zero-order chi connectivity index (χ0) is 42.0. The van der Waals surface area contributed by atoms with Gasteiger partial charge in [-0.3, -0.25) is 28.8 Å². The Morgan fingerprint density at radius 3 is 0.914 bits per heavy atom. The second-order valence-electron chi connectivity index (χ2n) is 13.8. The van der Waals surface area contributed by atoms with Crippen LogP contribution >= 0.6 is 0 Å². The number of aromatic nitrogens is 6. The molecule has 58 heavy (non-hydrogen) atoms. The number of anilines is 6. The first-order valence-electron chi connectivity index (χ1n) is 17.9. The number of nitrogens with zero attached hydrogens (tertiary/aromatic N) is 6. The van der Waals surface area contributed by atoms with Gasteiger partial charge in [0.05, 0.1) is 34.1 Å². The molecule has 6 rings (SSSR count). The average Bonchev–Trinajstić information content (AvgIpc) is 4.00. The first-order valence-corrected chi connectivity index (χ1v) is 17.9. The van der Waals surface area contributed by atoms with Crippen LogP contribution in [0, 0.1) is 6.92 Å². The third kappa shape index (κ3) is 8.57. The second kappa shape index (κ2) is 16.2. The molecule has 0 unspecified atom stereocenters. The average molecular weight is 791 g/mol. The Balaban J connectivity index is 1.05. The van der Waals surface area contributed by atoms with E-state index in [0.29, 0.717) is 58.5 Å². The van der Waals surface area contributed by atoms with Crippen molar-refractivity contribution in [2.45, 2.75) is 6.42 Å². The Bertz CT molecular complexity index is 2590. The summed E-state index contributed by atoms with van der Waals surface area (Å²) in [7, 11) is 10.0. The summed E-state index contributed by atoms with van der Waals surface area (Å²) in [6.45, 7) is 4.14. The lowest BCUT2D eigenvalue weighted by Gasteiger charge is -2.03. The molecule has 301 valence electrons. The van der Waals surface area contributed by atoms with Gasteiger partial charge < -0.3 is 65.0 Å². The standard InChI is InChI=1S/C39H44N13O6/c1-8-9-41-34(53)29-11-23(17-48(29)3)43-36(55)31-13-25(19-50(31)5)45-38(57)33-15-27(21-52(33)7)46-39(58)32-14-26(20-51(32)6)44-37(56)30-12-24(18-49(30)4)42-35(54)28-10-22(40)16-47(28)2/h10-21H,1,8-9,40H2,2-7H3,(H,41,53)(H,42,54)(H,43,55)(H,44,56)(H,45,57)(H,46,58). The zero-order valence-electron chi connectivity index (χ0n) is 32.8. The van der Waals surface area contributed by atoms with Crippen molar-refractivity contribution in [3.63, 3.8) is 0 Å². The number of amides is 6. The van der Waals surface area contributed by atoms with E-state index in [4.69, 9.17) is 5.73 Å². The predicted octanol–water partition coefficient (Wildman–Crippen LogP) is 3.52. The van der Waals surface area contributed by atoms with E-state index in [1.54, 1.807) is 119 Å². The lowest BCUT2D eigenvalue weighted by Crippen LogP contribution is -2.25. The highest BCUT2D eigenvalue weighted by atomic mass is 16.2. The number of nitrogen functional groups attached to an aromatic ring is 1. The zero-order valence-corrected chi connectivity index (χ0v) is 32.8. The van der Waals surface area contributed by atoms with E-state index in [-0.39, 0.29) is 34.6 Å². The summed E-state index contributed by atoms with van der Waals surface area (Å²) >= 11 is 0. The Labute approximate surface area is 332 Å². The molecule has 0 fully saturated rings. The van der Waals surface area contributed by atoms with Crippen LogP contribution in [0.3, 0.4) is 0 Å². The van der Waals surface area contributed by atoms with Crippen molar-refractivity contribution in [2.75, 3.05) is 38.9 Å². The first kappa shape index (κ1) is 40.0. The van der Waals surface area contributed by atoms with Gasteiger partial charge in [-0.25, -0.2) is 0 Å². The highest BCUT2D eigenvalue weighted by Gasteiger charge is 2.21. The molecular formula is C39H44N13O6. The second-order valence-corrected chi connectivity index (χ2v) is 13.8. The molecule has 0 aliphatic heterocycles. The summed E-state index contributed by atoms with van der Waals surface area (Å²) in [4.78, 5) is 78.2. The van der Waals surface area contributed by atoms with Crippen LogP contribution in [0.1, 0.15) is 69.4 Å². The lowest BCUT2D eigenvalue weighted by atomic mass is 10.3. The topological polar surface area (TPSA) is 230 Å². The Hall–Kier alpha value is -7.70. The van der Waals surface area contributed by atoms with E-state index >= 15 is 0 Å². The number of hydrogen-bond acceptors (Lipinski definition) is 7. The quantitative estimate of drug-likeness (QED) is 0.0920. The highest BCUT2D eigenvalue weighted by molar-refractivity contribution is 6.10. The maximum Gasteiger partial charge on any atom is 0.272 e. The SMILES string of the molecule is [CH2]CCNC(=O)c1cc(NC(=O)c2cc(NC(=O)c3cc(NC(=O)c4cc(NC(=O)c5cc(NC(=O)c6cc(N)cn6C)cn5C)cn4C)cn3C)cn2C)cn1C. The highest BCUT2D eigenvalue weighted by Crippen LogP contribution is 2.22. The molecule has 0 saturated carbocycles. The monoisotopic (exact) mass is 790 g/mol. The van der Waals surface area contributed by atoms with Gasteiger partial charge in [0, 0.05) is 86.0 Å². The van der Waals surface area contributed by atoms with E-state index in [0.717, 1.165) is 0 Å². The van der Waals surface area contributed by atoms with Gasteiger partial charge in [-0.05, 0) is 42.8 Å². The summed E-state index contributed by atoms with van der Waals surface area (Å²) in [6, 6.07) is 9.19. The molecule has 6 amide bonds. The molecule has 8 N–H and O–H groups in total. The number of hydrogen-bond donors (Lipinski definition) is 7. The van der Waals surface area contributed by atoms with Crippen molar-refractivity contribution >= 4 is 69.6 Å². The van der Waals surface area contributed by atoms with E-state index < -0.39 is 23.6 Å². The third-order valence-corrected chi connectivity index (χ3v) is 9.20. The van der Waals surface area contributed by atoms with Crippen LogP contribution in [0.25, 0.3) is 0 Å². The van der Waals surface area contributed by atoms with Crippen molar-refractivity contribution in [1.29, 1.82) is 0 Å². The van der Waals surface area contributed by atoms with Crippen LogP contribution in [-0.2, 0) is 42.3 Å². The molecule has 0 saturated heterocycles. The van der Waals surface area contributed by atoms with Crippen LogP contribution in [-0.4, -0.2) is 69.4 Å². The molecule has 6 heterocycles. The first-order chi connectivity index (χ1) is 27.5. The van der Waals surface area contributed by atoms with Gasteiger partial charge >= 0.3 is 0 Å². The third-order valence-electron chi connectivity index (χ3n) is 9.20. The molecule has 6 aromatic heterocycles. The van der Waals surface area contributed by atoms with Crippen LogP contribution in [0.5, 0.6) is 0 Å². The number of rotatable bonds is 13. The molecule has 0 aromatic carbocycles. The number of carbonyl (C=O) groups is 6. The molecule has 19 heteroatoms. The number of nitrogens with one attached hydrogen (secondary N) is 6. The van der Waals surface area contributed by atoms with Gasteiger partial charge in [0.25, 0.3) is 35.4 Å². The summed E-state index contributed by atoms with van der Waals surface area (Å²) in [5.74, 6) is -2.56. The number of nitrogens with two attached hydrogens (primary N) is 1. The van der Waals surface area contributed by atoms with Crippen molar-refractivity contribution in [3.05, 3.63) is 115 Å². The van der Waals surface area contributed by atoms with Gasteiger partial charge in [0.1, 0.15) is 34.2 Å². The molecule has 0 aliphatic rings. The molecule has 0 spiro atoms.